The summed E-state index contributed by atoms with van der Waals surface area (Å²) >= 11 is 0. The van der Waals surface area contributed by atoms with Crippen LogP contribution in [0.15, 0.2) is 43.0 Å². The molecule has 2 heterocycles. The number of nitrogens with zero attached hydrogens (tertiary/aromatic N) is 4. The van der Waals surface area contributed by atoms with Gasteiger partial charge in [0.25, 0.3) is 0 Å². The first-order valence-electron chi connectivity index (χ1n) is 10.6. The van der Waals surface area contributed by atoms with E-state index >= 15 is 0 Å². The van der Waals surface area contributed by atoms with Crippen molar-refractivity contribution in [1.29, 1.82) is 0 Å². The van der Waals surface area contributed by atoms with Gasteiger partial charge in [0.15, 0.2) is 28.7 Å². The van der Waals surface area contributed by atoms with Gasteiger partial charge in [0.2, 0.25) is 0 Å². The fourth-order valence-electron chi connectivity index (χ4n) is 3.67. The van der Waals surface area contributed by atoms with Gasteiger partial charge in [-0.25, -0.2) is 19.4 Å². The minimum atomic E-state index is -0.888. The largest absolute Gasteiger partial charge is 0.513 e. The summed E-state index contributed by atoms with van der Waals surface area (Å²) in [5, 5.41) is 15.1. The minimum absolute atomic E-state index is 0.0865. The van der Waals surface area contributed by atoms with Crippen molar-refractivity contribution < 1.29 is 33.6 Å². The number of carbonyl (C=O) groups excluding carboxylic acids is 1. The van der Waals surface area contributed by atoms with Crippen LogP contribution in [0.4, 0.5) is 4.79 Å². The van der Waals surface area contributed by atoms with E-state index in [1.54, 1.807) is 38.3 Å². The second kappa shape index (κ2) is 10.2. The van der Waals surface area contributed by atoms with Gasteiger partial charge >= 0.3 is 6.16 Å². The number of fused-ring (bicyclic) bond motifs is 1. The van der Waals surface area contributed by atoms with Crippen LogP contribution in [0.3, 0.4) is 0 Å². The quantitative estimate of drug-likeness (QED) is 0.372. The molecule has 11 nitrogen and oxygen atoms in total. The van der Waals surface area contributed by atoms with Crippen LogP contribution in [0.2, 0.25) is 0 Å². The number of rotatable bonds is 8. The third-order valence-electron chi connectivity index (χ3n) is 5.21. The summed E-state index contributed by atoms with van der Waals surface area (Å²) in [5.74, 6) is 1.30. The fraction of sp³-hybridized carbons (Fsp3) is 0.250. The summed E-state index contributed by atoms with van der Waals surface area (Å²) in [6, 6.07) is 8.40. The molecule has 1 N–H and O–H groups in total. The van der Waals surface area contributed by atoms with Crippen LogP contribution in [-0.2, 0) is 11.3 Å². The summed E-state index contributed by atoms with van der Waals surface area (Å²) in [6.45, 7) is 1.95. The predicted octanol–water partition coefficient (Wildman–Crippen LogP) is 3.81. The van der Waals surface area contributed by atoms with Crippen LogP contribution in [0, 0.1) is 0 Å². The van der Waals surface area contributed by atoms with Crippen molar-refractivity contribution in [2.75, 3.05) is 27.9 Å². The highest BCUT2D eigenvalue weighted by Crippen LogP contribution is 2.44. The minimum Gasteiger partial charge on any atom is -0.504 e. The number of hydrogen-bond acceptors (Lipinski definition) is 10. The van der Waals surface area contributed by atoms with E-state index in [-0.39, 0.29) is 30.4 Å². The van der Waals surface area contributed by atoms with Gasteiger partial charge in [-0.3, -0.25) is 0 Å². The molecule has 0 radical (unpaired) electrons. The molecule has 0 fully saturated rings. The summed E-state index contributed by atoms with van der Waals surface area (Å²) in [6.07, 6.45) is 2.02. The molecular weight excluding hydrogens is 456 g/mol. The molecule has 0 aliphatic rings. The van der Waals surface area contributed by atoms with E-state index in [0.29, 0.717) is 39.2 Å². The maximum atomic E-state index is 12.5. The van der Waals surface area contributed by atoms with E-state index in [0.717, 1.165) is 0 Å². The highest BCUT2D eigenvalue weighted by atomic mass is 16.7. The van der Waals surface area contributed by atoms with Crippen molar-refractivity contribution in [1.82, 2.24) is 19.7 Å². The standard InChI is InChI=1S/C24H24N4O7/c1-5-34-24(30)35-23-17(11-28-13-25-12-26-28)27-16-10-18(29)20(32-3)9-15(16)22(23)14-6-7-19(31-2)21(8-14)33-4/h6-10,12-13,29H,5,11H2,1-4H3. The Morgan fingerprint density at radius 2 is 1.80 bits per heavy atom. The molecule has 4 rings (SSSR count). The van der Waals surface area contributed by atoms with Crippen LogP contribution in [0.5, 0.6) is 28.7 Å². The number of carbonyl (C=O) groups is 1. The maximum absolute atomic E-state index is 12.5. The predicted molar refractivity (Wildman–Crippen MR) is 125 cm³/mol. The second-order valence-electron chi connectivity index (χ2n) is 7.25. The Morgan fingerprint density at radius 1 is 1.03 bits per heavy atom. The smallest absolute Gasteiger partial charge is 0.504 e. The number of aromatic hydroxyl groups is 1. The van der Waals surface area contributed by atoms with Crippen LogP contribution >= 0.6 is 0 Å². The van der Waals surface area contributed by atoms with Gasteiger partial charge < -0.3 is 28.8 Å². The molecule has 2 aromatic carbocycles. The molecule has 182 valence electrons. The lowest BCUT2D eigenvalue weighted by atomic mass is 9.97. The summed E-state index contributed by atoms with van der Waals surface area (Å²) in [5.41, 5.74) is 1.96. The van der Waals surface area contributed by atoms with Crippen molar-refractivity contribution in [3.8, 4) is 39.9 Å². The zero-order valence-electron chi connectivity index (χ0n) is 19.6. The van der Waals surface area contributed by atoms with Crippen LogP contribution in [0.1, 0.15) is 12.6 Å². The van der Waals surface area contributed by atoms with E-state index in [2.05, 4.69) is 15.1 Å². The van der Waals surface area contributed by atoms with Gasteiger partial charge in [-0.15, -0.1) is 0 Å². The van der Waals surface area contributed by atoms with E-state index in [4.69, 9.17) is 23.7 Å². The maximum Gasteiger partial charge on any atom is 0.513 e. The topological polar surface area (TPSA) is 127 Å². The lowest BCUT2D eigenvalue weighted by Gasteiger charge is -2.19. The average Bonchev–Trinajstić information content (AvgIpc) is 3.37. The number of aromatic nitrogens is 4. The zero-order valence-corrected chi connectivity index (χ0v) is 19.6. The summed E-state index contributed by atoms with van der Waals surface area (Å²) in [7, 11) is 4.51. The normalized spacial score (nSPS) is 10.7. The van der Waals surface area contributed by atoms with Gasteiger partial charge in [-0.05, 0) is 30.7 Å². The van der Waals surface area contributed by atoms with E-state index in [9.17, 15) is 9.90 Å². The molecule has 0 bridgehead atoms. The Labute approximate surface area is 200 Å². The number of benzene rings is 2. The molecular formula is C24H24N4O7. The van der Waals surface area contributed by atoms with Crippen LogP contribution < -0.4 is 18.9 Å². The number of pyridine rings is 1. The molecule has 0 aliphatic heterocycles. The Balaban J connectivity index is 2.06. The van der Waals surface area contributed by atoms with E-state index in [1.165, 1.54) is 37.6 Å². The monoisotopic (exact) mass is 480 g/mol. The van der Waals surface area contributed by atoms with Crippen molar-refractivity contribution in [2.45, 2.75) is 13.5 Å². The molecule has 4 aromatic rings. The Bertz CT molecular complexity index is 1360. The first-order chi connectivity index (χ1) is 17.0. The van der Waals surface area contributed by atoms with Gasteiger partial charge in [0, 0.05) is 17.0 Å². The third kappa shape index (κ3) is 4.74. The van der Waals surface area contributed by atoms with Gasteiger partial charge in [0.05, 0.1) is 40.0 Å². The zero-order chi connectivity index (χ0) is 24.9. The van der Waals surface area contributed by atoms with Crippen LogP contribution in [-0.4, -0.2) is 58.9 Å². The SMILES string of the molecule is CCOC(=O)Oc1c(Cn2cncn2)nc2cc(O)c(OC)cc2c1-c1ccc(OC)c(OC)c1. The van der Waals surface area contributed by atoms with Gasteiger partial charge in [0.1, 0.15) is 18.3 Å². The Hall–Kier alpha value is -4.54. The summed E-state index contributed by atoms with van der Waals surface area (Å²) < 4.78 is 28.5. The molecule has 0 spiro atoms. The molecule has 0 amide bonds. The number of hydrogen-bond donors (Lipinski definition) is 1. The molecule has 11 heteroatoms. The number of phenolic OH excluding ortho intramolecular Hbond substituents is 1. The fourth-order valence-corrected chi connectivity index (χ4v) is 3.67. The highest BCUT2D eigenvalue weighted by Gasteiger charge is 2.24. The third-order valence-corrected chi connectivity index (χ3v) is 5.21. The Morgan fingerprint density at radius 3 is 2.46 bits per heavy atom. The molecule has 2 aromatic heterocycles. The average molecular weight is 480 g/mol. The number of phenols is 1. The van der Waals surface area contributed by atoms with Crippen molar-refractivity contribution in [3.63, 3.8) is 0 Å². The molecule has 0 saturated heterocycles. The van der Waals surface area contributed by atoms with Gasteiger partial charge in [-0.1, -0.05) is 6.07 Å². The van der Waals surface area contributed by atoms with Gasteiger partial charge in [-0.2, -0.15) is 5.10 Å². The van der Waals surface area contributed by atoms with Crippen molar-refractivity contribution >= 4 is 17.1 Å². The number of methoxy groups -OCH3 is 3. The lowest BCUT2D eigenvalue weighted by molar-refractivity contribution is 0.104. The highest BCUT2D eigenvalue weighted by molar-refractivity contribution is 6.00. The second-order valence-corrected chi connectivity index (χ2v) is 7.25. The van der Waals surface area contributed by atoms with E-state index in [1.807, 2.05) is 0 Å². The summed E-state index contributed by atoms with van der Waals surface area (Å²) in [4.78, 5) is 21.1. The van der Waals surface area contributed by atoms with Crippen LogP contribution in [0.25, 0.3) is 22.0 Å². The Kier molecular flexibility index (Phi) is 6.86. The lowest BCUT2D eigenvalue weighted by Crippen LogP contribution is -2.14. The molecule has 0 aliphatic carbocycles. The number of ether oxygens (including phenoxy) is 5. The van der Waals surface area contributed by atoms with Crippen molar-refractivity contribution in [2.24, 2.45) is 0 Å². The molecule has 0 atom stereocenters. The first-order valence-corrected chi connectivity index (χ1v) is 10.6. The van der Waals surface area contributed by atoms with Crippen molar-refractivity contribution in [3.05, 3.63) is 48.7 Å². The molecule has 35 heavy (non-hydrogen) atoms. The molecule has 0 saturated carbocycles. The molecule has 0 unspecified atom stereocenters. The van der Waals surface area contributed by atoms with E-state index < -0.39 is 6.16 Å². The first kappa shape index (κ1) is 23.6.